The smallest absolute Gasteiger partial charge is 0.247 e. The zero-order valence-corrected chi connectivity index (χ0v) is 18.0. The maximum Gasteiger partial charge on any atom is 0.247 e. The molecule has 2 aromatic carbocycles. The van der Waals surface area contributed by atoms with Gasteiger partial charge in [-0.3, -0.25) is 9.59 Å². The van der Waals surface area contributed by atoms with Crippen molar-refractivity contribution in [3.05, 3.63) is 89.9 Å². The van der Waals surface area contributed by atoms with Crippen LogP contribution in [0.1, 0.15) is 37.4 Å². The molecular formula is C25H26FN3O3. The second-order valence-electron chi connectivity index (χ2n) is 7.75. The van der Waals surface area contributed by atoms with Crippen LogP contribution in [0.2, 0.25) is 0 Å². The molecule has 0 saturated carbocycles. The van der Waals surface area contributed by atoms with Crippen molar-refractivity contribution in [2.75, 3.05) is 0 Å². The largest absolute Gasteiger partial charge is 0.439 e. The molecule has 3 rings (SSSR count). The maximum absolute atomic E-state index is 13.5. The van der Waals surface area contributed by atoms with Crippen LogP contribution in [0.15, 0.2) is 72.9 Å². The SMILES string of the molecule is CC(C)CC(=O)NC(C(=O)NCc1cccnc1Oc1cccc(F)c1)c1ccccc1. The Balaban J connectivity index is 1.73. The fraction of sp³-hybridized carbons (Fsp3) is 0.240. The van der Waals surface area contributed by atoms with Gasteiger partial charge in [0.1, 0.15) is 17.6 Å². The molecule has 0 saturated heterocycles. The standard InChI is InChI=1S/C25H26FN3O3/c1-17(2)14-22(30)29-23(18-8-4-3-5-9-18)24(31)28-16-19-10-7-13-27-25(19)32-21-12-6-11-20(26)15-21/h3-13,15,17,23H,14,16H2,1-2H3,(H,28,31)(H,29,30). The van der Waals surface area contributed by atoms with Gasteiger partial charge in [0, 0.05) is 30.8 Å². The molecule has 1 heterocycles. The molecular weight excluding hydrogens is 409 g/mol. The number of nitrogens with zero attached hydrogens (tertiary/aromatic N) is 1. The summed E-state index contributed by atoms with van der Waals surface area (Å²) in [7, 11) is 0. The van der Waals surface area contributed by atoms with Gasteiger partial charge >= 0.3 is 0 Å². The highest BCUT2D eigenvalue weighted by Crippen LogP contribution is 2.23. The molecule has 166 valence electrons. The Morgan fingerprint density at radius 1 is 1.03 bits per heavy atom. The van der Waals surface area contributed by atoms with Crippen LogP contribution in [0.3, 0.4) is 0 Å². The molecule has 1 atom stereocenters. The Hall–Kier alpha value is -3.74. The number of aromatic nitrogens is 1. The number of halogens is 1. The molecule has 1 unspecified atom stereocenters. The number of rotatable bonds is 9. The Labute approximate surface area is 186 Å². The minimum absolute atomic E-state index is 0.126. The van der Waals surface area contributed by atoms with Crippen molar-refractivity contribution in [1.82, 2.24) is 15.6 Å². The Bertz CT molecular complexity index is 1060. The van der Waals surface area contributed by atoms with Crippen LogP contribution in [-0.2, 0) is 16.1 Å². The third kappa shape index (κ3) is 6.63. The van der Waals surface area contributed by atoms with E-state index >= 15 is 0 Å². The van der Waals surface area contributed by atoms with Crippen LogP contribution in [0.5, 0.6) is 11.6 Å². The van der Waals surface area contributed by atoms with Crippen LogP contribution in [0.4, 0.5) is 4.39 Å². The van der Waals surface area contributed by atoms with E-state index in [0.29, 0.717) is 23.3 Å². The summed E-state index contributed by atoms with van der Waals surface area (Å²) in [6, 6.07) is 17.5. The van der Waals surface area contributed by atoms with E-state index in [0.717, 1.165) is 0 Å². The van der Waals surface area contributed by atoms with Crippen molar-refractivity contribution < 1.29 is 18.7 Å². The first-order valence-corrected chi connectivity index (χ1v) is 10.4. The summed E-state index contributed by atoms with van der Waals surface area (Å²) >= 11 is 0. The highest BCUT2D eigenvalue weighted by molar-refractivity contribution is 5.88. The van der Waals surface area contributed by atoms with Crippen molar-refractivity contribution in [2.45, 2.75) is 32.9 Å². The van der Waals surface area contributed by atoms with Gasteiger partial charge in [-0.15, -0.1) is 0 Å². The lowest BCUT2D eigenvalue weighted by molar-refractivity contribution is -0.129. The molecule has 0 fully saturated rings. The van der Waals surface area contributed by atoms with Gasteiger partial charge in [-0.2, -0.15) is 0 Å². The lowest BCUT2D eigenvalue weighted by Crippen LogP contribution is -2.40. The van der Waals surface area contributed by atoms with E-state index in [1.54, 1.807) is 42.6 Å². The number of nitrogens with one attached hydrogen (secondary N) is 2. The summed E-state index contributed by atoms with van der Waals surface area (Å²) in [6.45, 7) is 4.01. The number of carbonyl (C=O) groups is 2. The molecule has 6 nitrogen and oxygen atoms in total. The summed E-state index contributed by atoms with van der Waals surface area (Å²) in [5.41, 5.74) is 1.30. The van der Waals surface area contributed by atoms with E-state index in [1.165, 1.54) is 12.1 Å². The normalized spacial score (nSPS) is 11.6. The summed E-state index contributed by atoms with van der Waals surface area (Å²) in [6.07, 6.45) is 1.88. The molecule has 2 amide bonds. The minimum atomic E-state index is -0.827. The summed E-state index contributed by atoms with van der Waals surface area (Å²) in [5.74, 6) is -0.226. The fourth-order valence-electron chi connectivity index (χ4n) is 3.11. The van der Waals surface area contributed by atoms with Gasteiger partial charge in [0.15, 0.2) is 0 Å². The summed E-state index contributed by atoms with van der Waals surface area (Å²) < 4.78 is 19.2. The van der Waals surface area contributed by atoms with Crippen LogP contribution in [0.25, 0.3) is 0 Å². The Kier molecular flexibility index (Phi) is 7.91. The highest BCUT2D eigenvalue weighted by atomic mass is 19.1. The monoisotopic (exact) mass is 435 g/mol. The molecule has 32 heavy (non-hydrogen) atoms. The second kappa shape index (κ2) is 11.0. The third-order valence-electron chi connectivity index (χ3n) is 4.61. The molecule has 0 aliphatic rings. The highest BCUT2D eigenvalue weighted by Gasteiger charge is 2.23. The topological polar surface area (TPSA) is 80.3 Å². The molecule has 0 spiro atoms. The van der Waals surface area contributed by atoms with Crippen molar-refractivity contribution in [2.24, 2.45) is 5.92 Å². The first kappa shape index (κ1) is 22.9. The Morgan fingerprint density at radius 2 is 1.81 bits per heavy atom. The average Bonchev–Trinajstić information content (AvgIpc) is 2.77. The van der Waals surface area contributed by atoms with E-state index in [2.05, 4.69) is 15.6 Å². The van der Waals surface area contributed by atoms with Gasteiger partial charge in [0.25, 0.3) is 0 Å². The fourth-order valence-corrected chi connectivity index (χ4v) is 3.11. The number of hydrogen-bond donors (Lipinski definition) is 2. The van der Waals surface area contributed by atoms with Crippen LogP contribution in [-0.4, -0.2) is 16.8 Å². The van der Waals surface area contributed by atoms with Crippen LogP contribution < -0.4 is 15.4 Å². The predicted octanol–water partition coefficient (Wildman–Crippen LogP) is 4.53. The number of benzene rings is 2. The molecule has 2 N–H and O–H groups in total. The van der Waals surface area contributed by atoms with Crippen molar-refractivity contribution >= 4 is 11.8 Å². The van der Waals surface area contributed by atoms with Crippen LogP contribution in [0, 0.1) is 11.7 Å². The first-order valence-electron chi connectivity index (χ1n) is 10.4. The number of carbonyl (C=O) groups excluding carboxylic acids is 2. The molecule has 0 bridgehead atoms. The molecule has 0 aliphatic carbocycles. The third-order valence-corrected chi connectivity index (χ3v) is 4.61. The second-order valence-corrected chi connectivity index (χ2v) is 7.75. The predicted molar refractivity (Wildman–Crippen MR) is 119 cm³/mol. The van der Waals surface area contributed by atoms with Gasteiger partial charge < -0.3 is 15.4 Å². The first-order chi connectivity index (χ1) is 15.4. The van der Waals surface area contributed by atoms with Gasteiger partial charge in [0.2, 0.25) is 17.7 Å². The van der Waals surface area contributed by atoms with Gasteiger partial charge in [-0.05, 0) is 29.7 Å². The lowest BCUT2D eigenvalue weighted by atomic mass is 10.0. The minimum Gasteiger partial charge on any atom is -0.439 e. The Morgan fingerprint density at radius 3 is 2.53 bits per heavy atom. The zero-order chi connectivity index (χ0) is 22.9. The van der Waals surface area contributed by atoms with E-state index in [4.69, 9.17) is 4.74 Å². The van der Waals surface area contributed by atoms with Crippen molar-refractivity contribution in [3.63, 3.8) is 0 Å². The number of amides is 2. The molecule has 3 aromatic rings. The number of pyridine rings is 1. The summed E-state index contributed by atoms with van der Waals surface area (Å²) in [4.78, 5) is 29.6. The molecule has 0 radical (unpaired) electrons. The van der Waals surface area contributed by atoms with Gasteiger partial charge in [0.05, 0.1) is 0 Å². The summed E-state index contributed by atoms with van der Waals surface area (Å²) in [5, 5.41) is 5.67. The van der Waals surface area contributed by atoms with Gasteiger partial charge in [-0.1, -0.05) is 56.3 Å². The molecule has 7 heteroatoms. The zero-order valence-electron chi connectivity index (χ0n) is 18.0. The van der Waals surface area contributed by atoms with E-state index < -0.39 is 11.9 Å². The molecule has 1 aromatic heterocycles. The van der Waals surface area contributed by atoms with Crippen LogP contribution >= 0.6 is 0 Å². The average molecular weight is 435 g/mol. The van der Waals surface area contributed by atoms with E-state index in [-0.39, 0.29) is 30.2 Å². The van der Waals surface area contributed by atoms with Crippen molar-refractivity contribution in [1.29, 1.82) is 0 Å². The number of ether oxygens (including phenoxy) is 1. The van der Waals surface area contributed by atoms with E-state index in [1.807, 2.05) is 32.0 Å². The van der Waals surface area contributed by atoms with E-state index in [9.17, 15) is 14.0 Å². The maximum atomic E-state index is 13.5. The lowest BCUT2D eigenvalue weighted by Gasteiger charge is -2.20. The number of hydrogen-bond acceptors (Lipinski definition) is 4. The van der Waals surface area contributed by atoms with Crippen molar-refractivity contribution in [3.8, 4) is 11.6 Å². The quantitative estimate of drug-likeness (QED) is 0.517. The van der Waals surface area contributed by atoms with Gasteiger partial charge in [-0.25, -0.2) is 9.37 Å². The molecule has 0 aliphatic heterocycles.